The number of carbonyl (C=O) groups is 1. The number of hydrogen-bond donors (Lipinski definition) is 0. The number of nitrogens with zero attached hydrogens (tertiary/aromatic N) is 2. The first-order valence-electron chi connectivity index (χ1n) is 10.8. The van der Waals surface area contributed by atoms with E-state index in [4.69, 9.17) is 4.74 Å². The van der Waals surface area contributed by atoms with Crippen LogP contribution in [0.3, 0.4) is 0 Å². The number of unbranched alkanes of at least 4 members (excludes halogenated alkanes) is 1. The third kappa shape index (κ3) is 5.99. The molecule has 0 aliphatic heterocycles. The summed E-state index contributed by atoms with van der Waals surface area (Å²) >= 11 is 0. The van der Waals surface area contributed by atoms with Crippen LogP contribution < -0.4 is 4.74 Å². The van der Waals surface area contributed by atoms with Crippen molar-refractivity contribution in [1.82, 2.24) is 9.97 Å². The highest BCUT2D eigenvalue weighted by Gasteiger charge is 2.10. The third-order valence-electron chi connectivity index (χ3n) is 5.32. The summed E-state index contributed by atoms with van der Waals surface area (Å²) in [6.45, 7) is 6.61. The Bertz CT molecular complexity index is 932. The molecule has 4 heteroatoms. The maximum atomic E-state index is 12.5. The summed E-state index contributed by atoms with van der Waals surface area (Å²) in [7, 11) is 0. The van der Waals surface area contributed by atoms with Crippen molar-refractivity contribution in [3.8, 4) is 17.1 Å². The van der Waals surface area contributed by atoms with E-state index >= 15 is 0 Å². The van der Waals surface area contributed by atoms with Crippen LogP contribution in [0.25, 0.3) is 11.4 Å². The van der Waals surface area contributed by atoms with Gasteiger partial charge in [0.15, 0.2) is 5.82 Å². The molecule has 0 saturated heterocycles. The van der Waals surface area contributed by atoms with Crippen molar-refractivity contribution in [3.05, 3.63) is 77.6 Å². The van der Waals surface area contributed by atoms with Crippen LogP contribution in [-0.4, -0.2) is 15.9 Å². The molecule has 0 N–H and O–H groups in total. The molecule has 0 radical (unpaired) electrons. The third-order valence-corrected chi connectivity index (χ3v) is 5.32. The van der Waals surface area contributed by atoms with Gasteiger partial charge in [0.2, 0.25) is 0 Å². The van der Waals surface area contributed by atoms with E-state index in [0.29, 0.717) is 23.1 Å². The van der Waals surface area contributed by atoms with E-state index in [2.05, 4.69) is 30.7 Å². The Morgan fingerprint density at radius 2 is 1.60 bits per heavy atom. The fourth-order valence-corrected chi connectivity index (χ4v) is 3.18. The average Bonchev–Trinajstić information content (AvgIpc) is 2.79. The van der Waals surface area contributed by atoms with E-state index in [1.807, 2.05) is 48.8 Å². The molecule has 30 heavy (non-hydrogen) atoms. The number of benzene rings is 2. The van der Waals surface area contributed by atoms with Crippen molar-refractivity contribution < 1.29 is 9.53 Å². The Labute approximate surface area is 179 Å². The lowest BCUT2D eigenvalue weighted by molar-refractivity contribution is 0.0734. The molecule has 1 aromatic heterocycles. The van der Waals surface area contributed by atoms with E-state index in [0.717, 1.165) is 43.2 Å². The highest BCUT2D eigenvalue weighted by molar-refractivity contribution is 5.91. The number of rotatable bonds is 9. The minimum absolute atomic E-state index is 0.368. The van der Waals surface area contributed by atoms with Crippen LogP contribution in [-0.2, 0) is 12.8 Å². The zero-order valence-corrected chi connectivity index (χ0v) is 18.1. The van der Waals surface area contributed by atoms with Gasteiger partial charge in [0.1, 0.15) is 5.75 Å². The Morgan fingerprint density at radius 3 is 2.20 bits per heavy atom. The molecule has 0 bridgehead atoms. The summed E-state index contributed by atoms with van der Waals surface area (Å²) in [4.78, 5) is 21.4. The topological polar surface area (TPSA) is 52.1 Å². The zero-order chi connectivity index (χ0) is 21.3. The molecule has 0 saturated carbocycles. The van der Waals surface area contributed by atoms with Gasteiger partial charge in [-0.15, -0.1) is 0 Å². The van der Waals surface area contributed by atoms with Gasteiger partial charge in [0.25, 0.3) is 0 Å². The van der Waals surface area contributed by atoms with Gasteiger partial charge in [-0.3, -0.25) is 0 Å². The van der Waals surface area contributed by atoms with Gasteiger partial charge >= 0.3 is 5.97 Å². The van der Waals surface area contributed by atoms with Crippen molar-refractivity contribution in [1.29, 1.82) is 0 Å². The second-order valence-electron chi connectivity index (χ2n) is 7.85. The number of aryl methyl sites for hydroxylation is 1. The zero-order valence-electron chi connectivity index (χ0n) is 18.1. The summed E-state index contributed by atoms with van der Waals surface area (Å²) in [6, 6.07) is 15.0. The molecule has 0 spiro atoms. The fraction of sp³-hybridized carbons (Fsp3) is 0.346. The second kappa shape index (κ2) is 10.7. The van der Waals surface area contributed by atoms with Gasteiger partial charge in [-0.1, -0.05) is 57.9 Å². The quantitative estimate of drug-likeness (QED) is 0.311. The highest BCUT2D eigenvalue weighted by Crippen LogP contribution is 2.19. The summed E-state index contributed by atoms with van der Waals surface area (Å²) in [5.41, 5.74) is 3.79. The fourth-order valence-electron chi connectivity index (χ4n) is 3.18. The molecule has 3 rings (SSSR count). The van der Waals surface area contributed by atoms with Gasteiger partial charge in [-0.25, -0.2) is 14.8 Å². The van der Waals surface area contributed by atoms with Crippen molar-refractivity contribution in [2.24, 2.45) is 5.92 Å². The van der Waals surface area contributed by atoms with Crippen LogP contribution >= 0.6 is 0 Å². The first-order valence-corrected chi connectivity index (χ1v) is 10.8. The molecule has 0 aliphatic rings. The van der Waals surface area contributed by atoms with E-state index in [1.165, 1.54) is 5.56 Å². The standard InChI is InChI=1S/C26H30N2O2/c1-4-6-7-21-17-27-25(28-18-21)22-10-12-23(13-11-22)26(29)30-24-14-8-20(9-15-24)16-19(3)5-2/h8-15,17-19H,4-7,16H2,1-3H3. The molecule has 3 aromatic rings. The molecule has 2 aromatic carbocycles. The largest absolute Gasteiger partial charge is 0.423 e. The Morgan fingerprint density at radius 1 is 0.933 bits per heavy atom. The summed E-state index contributed by atoms with van der Waals surface area (Å²) in [5, 5.41) is 0. The lowest BCUT2D eigenvalue weighted by Crippen LogP contribution is -2.08. The summed E-state index contributed by atoms with van der Waals surface area (Å²) in [5.74, 6) is 1.50. The van der Waals surface area contributed by atoms with E-state index in [-0.39, 0.29) is 5.97 Å². The Hall–Kier alpha value is -3.01. The first-order chi connectivity index (χ1) is 14.6. The molecule has 1 atom stereocenters. The van der Waals surface area contributed by atoms with Gasteiger partial charge < -0.3 is 4.74 Å². The molecule has 0 amide bonds. The molecule has 1 heterocycles. The average molecular weight is 403 g/mol. The SMILES string of the molecule is CCCCc1cnc(-c2ccc(C(=O)Oc3ccc(CC(C)CC)cc3)cc2)nc1. The summed E-state index contributed by atoms with van der Waals surface area (Å²) < 4.78 is 5.52. The molecule has 4 nitrogen and oxygen atoms in total. The van der Waals surface area contributed by atoms with Crippen molar-refractivity contribution in [2.75, 3.05) is 0 Å². The van der Waals surface area contributed by atoms with Crippen LogP contribution in [0, 0.1) is 5.92 Å². The van der Waals surface area contributed by atoms with Crippen LogP contribution in [0.5, 0.6) is 5.75 Å². The molecular weight excluding hydrogens is 372 g/mol. The minimum Gasteiger partial charge on any atom is -0.423 e. The predicted octanol–water partition coefficient (Wildman–Crippen LogP) is 6.29. The van der Waals surface area contributed by atoms with E-state index in [9.17, 15) is 4.79 Å². The predicted molar refractivity (Wildman–Crippen MR) is 121 cm³/mol. The van der Waals surface area contributed by atoms with Gasteiger partial charge in [-0.05, 0) is 60.6 Å². The first kappa shape index (κ1) is 21.7. The monoisotopic (exact) mass is 402 g/mol. The minimum atomic E-state index is -0.368. The maximum absolute atomic E-state index is 12.5. The number of esters is 1. The highest BCUT2D eigenvalue weighted by atomic mass is 16.5. The van der Waals surface area contributed by atoms with Crippen molar-refractivity contribution in [2.45, 2.75) is 52.9 Å². The maximum Gasteiger partial charge on any atom is 0.343 e. The van der Waals surface area contributed by atoms with Gasteiger partial charge in [0, 0.05) is 18.0 Å². The van der Waals surface area contributed by atoms with Crippen LogP contribution in [0.4, 0.5) is 0 Å². The van der Waals surface area contributed by atoms with Crippen molar-refractivity contribution in [3.63, 3.8) is 0 Å². The van der Waals surface area contributed by atoms with Gasteiger partial charge in [-0.2, -0.15) is 0 Å². The number of aromatic nitrogens is 2. The van der Waals surface area contributed by atoms with E-state index < -0.39 is 0 Å². The molecule has 1 unspecified atom stereocenters. The molecular formula is C26H30N2O2. The van der Waals surface area contributed by atoms with Crippen LogP contribution in [0.1, 0.15) is 61.5 Å². The lowest BCUT2D eigenvalue weighted by Gasteiger charge is -2.09. The summed E-state index contributed by atoms with van der Waals surface area (Å²) in [6.07, 6.45) is 9.24. The lowest BCUT2D eigenvalue weighted by atomic mass is 9.99. The normalized spacial score (nSPS) is 11.8. The van der Waals surface area contributed by atoms with Crippen LogP contribution in [0.15, 0.2) is 60.9 Å². The van der Waals surface area contributed by atoms with Gasteiger partial charge in [0.05, 0.1) is 5.56 Å². The molecule has 0 fully saturated rings. The van der Waals surface area contributed by atoms with E-state index in [1.54, 1.807) is 12.1 Å². The Balaban J connectivity index is 1.61. The van der Waals surface area contributed by atoms with Crippen LogP contribution in [0.2, 0.25) is 0 Å². The van der Waals surface area contributed by atoms with Crippen molar-refractivity contribution >= 4 is 5.97 Å². The number of carbonyl (C=O) groups excluding carboxylic acids is 1. The number of ether oxygens (including phenoxy) is 1. The number of hydrogen-bond acceptors (Lipinski definition) is 4. The smallest absolute Gasteiger partial charge is 0.343 e. The molecule has 156 valence electrons. The molecule has 0 aliphatic carbocycles. The Kier molecular flexibility index (Phi) is 7.72. The second-order valence-corrected chi connectivity index (χ2v) is 7.85.